The zero-order valence-corrected chi connectivity index (χ0v) is 21.5. The van der Waals surface area contributed by atoms with Crippen LogP contribution in [0.3, 0.4) is 0 Å². The highest BCUT2D eigenvalue weighted by molar-refractivity contribution is 5.74. The van der Waals surface area contributed by atoms with Gasteiger partial charge in [-0.15, -0.1) is 0 Å². The second-order valence-electron chi connectivity index (χ2n) is 14.3. The molecule has 0 saturated heterocycles. The van der Waals surface area contributed by atoms with Crippen molar-refractivity contribution in [3.05, 3.63) is 24.3 Å². The molecule has 0 aromatic heterocycles. The van der Waals surface area contributed by atoms with Gasteiger partial charge in [0.15, 0.2) is 0 Å². The molecule has 0 aromatic carbocycles. The molecule has 5 aliphatic carbocycles. The number of rotatable bonds is 1. The minimum absolute atomic E-state index is 0.233. The smallest absolute Gasteiger partial charge is 0.309 e. The topological polar surface area (TPSA) is 37.3 Å². The van der Waals surface area contributed by atoms with E-state index in [4.69, 9.17) is 0 Å². The van der Waals surface area contributed by atoms with Gasteiger partial charge in [0.2, 0.25) is 0 Å². The van der Waals surface area contributed by atoms with Gasteiger partial charge in [-0.3, -0.25) is 4.79 Å². The average molecular weight is 439 g/mol. The standard InChI is InChI=1S/C30H46O2/c1-20-9-8-10-21-27(20,4)12-11-22-28(21,5)16-18-30(7)23-19-26(3,24(31)32)14-13-25(23,2)15-17-29(22,30)6/h8-9,21-23H,1,10-19H2,2-7H3,(H,31,32)/t21-,22+,23-,25-,26-,27-,28+,29-,30+/m1/s1. The van der Waals surface area contributed by atoms with E-state index in [-0.39, 0.29) is 10.8 Å². The van der Waals surface area contributed by atoms with Gasteiger partial charge in [0.25, 0.3) is 0 Å². The van der Waals surface area contributed by atoms with E-state index >= 15 is 0 Å². The first-order chi connectivity index (χ1) is 14.8. The molecular weight excluding hydrogens is 392 g/mol. The van der Waals surface area contributed by atoms with Gasteiger partial charge in [-0.1, -0.05) is 53.3 Å². The number of carboxylic acid groups (broad SMARTS) is 1. The molecule has 1 N–H and O–H groups in total. The number of allylic oxidation sites excluding steroid dienone is 3. The van der Waals surface area contributed by atoms with Crippen molar-refractivity contribution in [2.75, 3.05) is 0 Å². The fraction of sp³-hybridized carbons (Fsp3) is 0.833. The number of aliphatic carboxylic acids is 1. The third-order valence-corrected chi connectivity index (χ3v) is 13.2. The minimum Gasteiger partial charge on any atom is -0.481 e. The van der Waals surface area contributed by atoms with Crippen molar-refractivity contribution in [1.29, 1.82) is 0 Å². The molecule has 0 heterocycles. The number of carboxylic acids is 1. The summed E-state index contributed by atoms with van der Waals surface area (Å²) in [4.78, 5) is 12.3. The normalized spacial score (nSPS) is 57.1. The van der Waals surface area contributed by atoms with Crippen LogP contribution >= 0.6 is 0 Å². The lowest BCUT2D eigenvalue weighted by atomic mass is 9.30. The SMILES string of the molecule is C=C1C=CC[C@H]2[C@]3(C)CC[C@@]4(C)[C@@H]5C[C@](C)(C(=O)O)CC[C@]5(C)CC[C@]4(C)[C@H]3CC[C@]12C. The van der Waals surface area contributed by atoms with E-state index in [1.54, 1.807) is 0 Å². The molecule has 5 rings (SSSR count). The van der Waals surface area contributed by atoms with Crippen molar-refractivity contribution in [2.45, 2.75) is 106 Å². The second kappa shape index (κ2) is 6.54. The van der Waals surface area contributed by atoms with Crippen molar-refractivity contribution in [3.63, 3.8) is 0 Å². The Hall–Kier alpha value is -1.05. The predicted molar refractivity (Wildman–Crippen MR) is 131 cm³/mol. The van der Waals surface area contributed by atoms with Gasteiger partial charge < -0.3 is 5.11 Å². The Labute approximate surface area is 196 Å². The summed E-state index contributed by atoms with van der Waals surface area (Å²) in [6.07, 6.45) is 16.4. The van der Waals surface area contributed by atoms with Crippen molar-refractivity contribution in [2.24, 2.45) is 50.2 Å². The summed E-state index contributed by atoms with van der Waals surface area (Å²) < 4.78 is 0. The summed E-state index contributed by atoms with van der Waals surface area (Å²) in [5, 5.41) is 10.1. The number of fused-ring (bicyclic) bond motifs is 7. The summed E-state index contributed by atoms with van der Waals surface area (Å²) in [5.41, 5.74) is 2.24. The van der Waals surface area contributed by atoms with E-state index in [0.29, 0.717) is 28.1 Å². The second-order valence-corrected chi connectivity index (χ2v) is 14.3. The van der Waals surface area contributed by atoms with Gasteiger partial charge in [-0.05, 0) is 122 Å². The maximum absolute atomic E-state index is 12.3. The molecule has 0 unspecified atom stereocenters. The molecule has 0 bridgehead atoms. The minimum atomic E-state index is -0.572. The van der Waals surface area contributed by atoms with Crippen LogP contribution < -0.4 is 0 Å². The molecular formula is C30H46O2. The molecule has 0 spiro atoms. The van der Waals surface area contributed by atoms with Gasteiger partial charge in [-0.2, -0.15) is 0 Å². The lowest BCUT2D eigenvalue weighted by Crippen LogP contribution is -2.67. The van der Waals surface area contributed by atoms with Gasteiger partial charge in [0.05, 0.1) is 5.41 Å². The first-order valence-corrected chi connectivity index (χ1v) is 13.3. The van der Waals surface area contributed by atoms with Crippen LogP contribution in [-0.4, -0.2) is 11.1 Å². The molecule has 32 heavy (non-hydrogen) atoms. The lowest BCUT2D eigenvalue weighted by molar-refractivity contribution is -0.248. The molecule has 0 aliphatic heterocycles. The number of carbonyl (C=O) groups is 1. The Balaban J connectivity index is 1.56. The van der Waals surface area contributed by atoms with Crippen LogP contribution in [0, 0.1) is 50.2 Å². The highest BCUT2D eigenvalue weighted by Gasteiger charge is 2.70. The third-order valence-electron chi connectivity index (χ3n) is 13.2. The van der Waals surface area contributed by atoms with Crippen LogP contribution in [0.5, 0.6) is 0 Å². The Morgan fingerprint density at radius 1 is 0.875 bits per heavy atom. The van der Waals surface area contributed by atoms with E-state index in [1.165, 1.54) is 50.5 Å². The summed E-state index contributed by atoms with van der Waals surface area (Å²) in [6, 6.07) is 0. The molecule has 0 radical (unpaired) electrons. The average Bonchev–Trinajstić information content (AvgIpc) is 2.72. The van der Waals surface area contributed by atoms with Crippen LogP contribution in [0.25, 0.3) is 0 Å². The van der Waals surface area contributed by atoms with E-state index in [1.807, 2.05) is 6.92 Å². The van der Waals surface area contributed by atoms with Crippen LogP contribution in [0.4, 0.5) is 0 Å². The Morgan fingerprint density at radius 2 is 1.50 bits per heavy atom. The fourth-order valence-electron chi connectivity index (χ4n) is 10.6. The van der Waals surface area contributed by atoms with Gasteiger partial charge in [0, 0.05) is 0 Å². The third kappa shape index (κ3) is 2.56. The van der Waals surface area contributed by atoms with E-state index in [9.17, 15) is 9.90 Å². The first kappa shape index (κ1) is 22.7. The van der Waals surface area contributed by atoms with E-state index in [2.05, 4.69) is 53.3 Å². The Morgan fingerprint density at radius 3 is 2.19 bits per heavy atom. The zero-order valence-electron chi connectivity index (χ0n) is 21.5. The maximum atomic E-state index is 12.3. The van der Waals surface area contributed by atoms with Crippen LogP contribution in [0.1, 0.15) is 106 Å². The highest BCUT2D eigenvalue weighted by atomic mass is 16.4. The fourth-order valence-corrected chi connectivity index (χ4v) is 10.6. The van der Waals surface area contributed by atoms with Gasteiger partial charge in [0.1, 0.15) is 0 Å². The first-order valence-electron chi connectivity index (χ1n) is 13.3. The molecule has 9 atom stereocenters. The maximum Gasteiger partial charge on any atom is 0.309 e. The summed E-state index contributed by atoms with van der Waals surface area (Å²) >= 11 is 0. The quantitative estimate of drug-likeness (QED) is 0.450. The highest BCUT2D eigenvalue weighted by Crippen LogP contribution is 2.78. The molecule has 0 aromatic rings. The van der Waals surface area contributed by atoms with Gasteiger partial charge >= 0.3 is 5.97 Å². The number of hydrogen-bond acceptors (Lipinski definition) is 1. The van der Waals surface area contributed by atoms with Crippen molar-refractivity contribution < 1.29 is 9.90 Å². The molecule has 4 saturated carbocycles. The van der Waals surface area contributed by atoms with Crippen molar-refractivity contribution >= 4 is 5.97 Å². The van der Waals surface area contributed by atoms with E-state index in [0.717, 1.165) is 25.2 Å². The van der Waals surface area contributed by atoms with Crippen LogP contribution in [0.15, 0.2) is 24.3 Å². The molecule has 2 heteroatoms. The van der Waals surface area contributed by atoms with E-state index < -0.39 is 11.4 Å². The zero-order chi connectivity index (χ0) is 23.4. The largest absolute Gasteiger partial charge is 0.481 e. The molecule has 0 amide bonds. The molecule has 5 aliphatic rings. The monoisotopic (exact) mass is 438 g/mol. The molecule has 178 valence electrons. The lowest BCUT2D eigenvalue weighted by Gasteiger charge is -2.74. The van der Waals surface area contributed by atoms with Crippen LogP contribution in [0.2, 0.25) is 0 Å². The predicted octanol–water partition coefficient (Wildman–Crippen LogP) is 8.04. The van der Waals surface area contributed by atoms with Crippen LogP contribution in [-0.2, 0) is 4.79 Å². The molecule has 4 fully saturated rings. The molecule has 2 nitrogen and oxygen atoms in total. The van der Waals surface area contributed by atoms with Crippen molar-refractivity contribution in [1.82, 2.24) is 0 Å². The summed E-state index contributed by atoms with van der Waals surface area (Å²) in [6.45, 7) is 19.4. The van der Waals surface area contributed by atoms with Crippen molar-refractivity contribution in [3.8, 4) is 0 Å². The Bertz CT molecular complexity index is 887. The summed E-state index contributed by atoms with van der Waals surface area (Å²) in [5.74, 6) is 1.37. The van der Waals surface area contributed by atoms with Gasteiger partial charge in [-0.25, -0.2) is 0 Å². The Kier molecular flexibility index (Phi) is 4.65. The summed E-state index contributed by atoms with van der Waals surface area (Å²) in [7, 11) is 0. The number of hydrogen-bond donors (Lipinski definition) is 1.